The van der Waals surface area contributed by atoms with Crippen molar-refractivity contribution in [3.05, 3.63) is 36.7 Å². The van der Waals surface area contributed by atoms with Crippen molar-refractivity contribution in [2.24, 2.45) is 0 Å². The van der Waals surface area contributed by atoms with Crippen molar-refractivity contribution in [3.63, 3.8) is 0 Å². The summed E-state index contributed by atoms with van der Waals surface area (Å²) in [5, 5.41) is 14.7. The number of hydrogen-bond donors (Lipinski definition) is 3. The molecule has 0 radical (unpaired) electrons. The van der Waals surface area contributed by atoms with Crippen LogP contribution in [0.15, 0.2) is 41.1 Å². The fraction of sp³-hybridized carbons (Fsp3) is 0.188. The molecule has 3 heterocycles. The largest absolute Gasteiger partial charge is 0.459 e. The van der Waals surface area contributed by atoms with Gasteiger partial charge in [0.15, 0.2) is 11.4 Å². The Balaban J connectivity index is 1.53. The molecular formula is C16H14N6O. The minimum Gasteiger partial charge on any atom is -0.459 e. The Morgan fingerprint density at radius 1 is 1.17 bits per heavy atom. The van der Waals surface area contributed by atoms with Gasteiger partial charge in [-0.25, -0.2) is 4.98 Å². The zero-order valence-corrected chi connectivity index (χ0v) is 12.2. The Hall–Kier alpha value is -3.09. The van der Waals surface area contributed by atoms with E-state index in [1.807, 2.05) is 24.3 Å². The first kappa shape index (κ1) is 12.5. The number of nitrogens with one attached hydrogen (secondary N) is 3. The molecule has 3 aromatic heterocycles. The Labute approximate surface area is 131 Å². The summed E-state index contributed by atoms with van der Waals surface area (Å²) in [5.74, 6) is 1.29. The zero-order chi connectivity index (χ0) is 15.2. The summed E-state index contributed by atoms with van der Waals surface area (Å²) in [6.45, 7) is 0. The lowest BCUT2D eigenvalue weighted by molar-refractivity contribution is 0.614. The molecule has 0 bridgehead atoms. The molecule has 1 aliphatic carbocycles. The van der Waals surface area contributed by atoms with Crippen LogP contribution in [0.25, 0.3) is 22.0 Å². The maximum absolute atomic E-state index is 5.50. The van der Waals surface area contributed by atoms with Gasteiger partial charge >= 0.3 is 0 Å². The fourth-order valence-corrected chi connectivity index (χ4v) is 2.58. The van der Waals surface area contributed by atoms with Crippen molar-refractivity contribution in [2.75, 3.05) is 10.6 Å². The van der Waals surface area contributed by atoms with Crippen molar-refractivity contribution in [2.45, 2.75) is 18.9 Å². The van der Waals surface area contributed by atoms with Gasteiger partial charge in [0.2, 0.25) is 5.95 Å². The molecule has 4 aromatic rings. The number of fused-ring (bicyclic) bond motifs is 2. The van der Waals surface area contributed by atoms with Gasteiger partial charge in [-0.3, -0.25) is 5.10 Å². The number of hydrogen-bond acceptors (Lipinski definition) is 6. The summed E-state index contributed by atoms with van der Waals surface area (Å²) >= 11 is 0. The van der Waals surface area contributed by atoms with Gasteiger partial charge in [0.1, 0.15) is 5.52 Å². The molecule has 1 aliphatic rings. The van der Waals surface area contributed by atoms with E-state index in [0.717, 1.165) is 27.9 Å². The smallest absolute Gasteiger partial charge is 0.229 e. The molecule has 1 saturated carbocycles. The van der Waals surface area contributed by atoms with Crippen LogP contribution in [-0.4, -0.2) is 26.2 Å². The minimum absolute atomic E-state index is 0.493. The number of benzene rings is 1. The average Bonchev–Trinajstić information content (AvgIpc) is 3.06. The molecule has 5 rings (SSSR count). The number of anilines is 3. The lowest BCUT2D eigenvalue weighted by atomic mass is 10.2. The number of H-pyrrole nitrogens is 1. The number of furan rings is 1. The summed E-state index contributed by atoms with van der Waals surface area (Å²) < 4.78 is 5.50. The van der Waals surface area contributed by atoms with E-state index in [4.69, 9.17) is 4.42 Å². The van der Waals surface area contributed by atoms with Crippen LogP contribution in [0.5, 0.6) is 0 Å². The molecule has 0 saturated heterocycles. The Morgan fingerprint density at radius 2 is 2.13 bits per heavy atom. The maximum Gasteiger partial charge on any atom is 0.229 e. The lowest BCUT2D eigenvalue weighted by Gasteiger charge is -2.08. The van der Waals surface area contributed by atoms with E-state index in [9.17, 15) is 0 Å². The highest BCUT2D eigenvalue weighted by Gasteiger charge is 2.23. The lowest BCUT2D eigenvalue weighted by Crippen LogP contribution is -2.06. The van der Waals surface area contributed by atoms with Crippen LogP contribution in [0.1, 0.15) is 12.8 Å². The van der Waals surface area contributed by atoms with Crippen LogP contribution < -0.4 is 10.6 Å². The van der Waals surface area contributed by atoms with Gasteiger partial charge < -0.3 is 15.1 Å². The Bertz CT molecular complexity index is 1000. The highest BCUT2D eigenvalue weighted by atomic mass is 16.3. The van der Waals surface area contributed by atoms with Gasteiger partial charge in [-0.15, -0.1) is 0 Å². The van der Waals surface area contributed by atoms with E-state index in [1.54, 1.807) is 12.5 Å². The van der Waals surface area contributed by atoms with Crippen molar-refractivity contribution in [1.29, 1.82) is 0 Å². The van der Waals surface area contributed by atoms with Crippen molar-refractivity contribution in [3.8, 4) is 0 Å². The fourth-order valence-electron chi connectivity index (χ4n) is 2.58. The van der Waals surface area contributed by atoms with E-state index in [-0.39, 0.29) is 0 Å². The van der Waals surface area contributed by atoms with Gasteiger partial charge in [0.05, 0.1) is 18.0 Å². The third kappa shape index (κ3) is 2.26. The van der Waals surface area contributed by atoms with Crippen LogP contribution in [0.2, 0.25) is 0 Å². The molecular weight excluding hydrogens is 292 g/mol. The topological polar surface area (TPSA) is 91.7 Å². The Morgan fingerprint density at radius 3 is 3.04 bits per heavy atom. The first-order chi connectivity index (χ1) is 11.3. The van der Waals surface area contributed by atoms with E-state index in [1.165, 1.54) is 12.8 Å². The third-order valence-electron chi connectivity index (χ3n) is 3.92. The number of aromatic amines is 1. The monoisotopic (exact) mass is 306 g/mol. The molecule has 0 spiro atoms. The van der Waals surface area contributed by atoms with Crippen LogP contribution in [0.3, 0.4) is 0 Å². The number of aromatic nitrogens is 4. The first-order valence-corrected chi connectivity index (χ1v) is 7.57. The second-order valence-corrected chi connectivity index (χ2v) is 5.75. The maximum atomic E-state index is 5.50. The van der Waals surface area contributed by atoms with Gasteiger partial charge in [0.25, 0.3) is 0 Å². The van der Waals surface area contributed by atoms with Gasteiger partial charge in [-0.1, -0.05) is 0 Å². The van der Waals surface area contributed by atoms with Crippen molar-refractivity contribution in [1.82, 2.24) is 20.2 Å². The quantitative estimate of drug-likeness (QED) is 0.535. The molecule has 3 N–H and O–H groups in total. The number of rotatable bonds is 4. The molecule has 0 atom stereocenters. The summed E-state index contributed by atoms with van der Waals surface area (Å²) in [6.07, 6.45) is 5.78. The second-order valence-electron chi connectivity index (χ2n) is 5.75. The molecule has 7 heteroatoms. The summed E-state index contributed by atoms with van der Waals surface area (Å²) in [7, 11) is 0. The van der Waals surface area contributed by atoms with Crippen molar-refractivity contribution >= 4 is 39.5 Å². The molecule has 0 aliphatic heterocycles. The number of nitrogens with zero attached hydrogens (tertiary/aromatic N) is 3. The van der Waals surface area contributed by atoms with Gasteiger partial charge in [-0.05, 0) is 31.0 Å². The highest BCUT2D eigenvalue weighted by molar-refractivity contribution is 5.86. The summed E-state index contributed by atoms with van der Waals surface area (Å²) in [6, 6.07) is 8.31. The zero-order valence-electron chi connectivity index (χ0n) is 12.2. The van der Waals surface area contributed by atoms with Crippen molar-refractivity contribution < 1.29 is 4.42 Å². The molecule has 1 aromatic carbocycles. The van der Waals surface area contributed by atoms with E-state index in [0.29, 0.717) is 17.6 Å². The second kappa shape index (κ2) is 4.70. The molecule has 0 unspecified atom stereocenters. The standard InChI is InChI=1S/C16H14N6O/c1-2-11(7-13-9(1)8-17-22-13)19-16-20-12-5-6-23-14(12)15(21-16)18-10-3-4-10/h1-2,5-8,10H,3-4H2,(H,17,22)(H2,18,19,20,21). The summed E-state index contributed by atoms with van der Waals surface area (Å²) in [4.78, 5) is 9.07. The molecule has 114 valence electrons. The first-order valence-electron chi connectivity index (χ1n) is 7.57. The molecule has 23 heavy (non-hydrogen) atoms. The Kier molecular flexibility index (Phi) is 2.55. The van der Waals surface area contributed by atoms with E-state index in [2.05, 4.69) is 30.8 Å². The third-order valence-corrected chi connectivity index (χ3v) is 3.92. The molecule has 0 amide bonds. The average molecular weight is 306 g/mol. The predicted molar refractivity (Wildman–Crippen MR) is 87.8 cm³/mol. The van der Waals surface area contributed by atoms with Gasteiger partial charge in [0, 0.05) is 23.2 Å². The molecule has 1 fully saturated rings. The highest BCUT2D eigenvalue weighted by Crippen LogP contribution is 2.30. The normalized spacial score (nSPS) is 14.4. The van der Waals surface area contributed by atoms with E-state index >= 15 is 0 Å². The van der Waals surface area contributed by atoms with Gasteiger partial charge in [-0.2, -0.15) is 10.1 Å². The SMILES string of the molecule is c1cc2nc(Nc3ccc4cn[nH]c4c3)nc(NC3CC3)c2o1. The van der Waals surface area contributed by atoms with Crippen LogP contribution >= 0.6 is 0 Å². The van der Waals surface area contributed by atoms with Crippen LogP contribution in [0, 0.1) is 0 Å². The predicted octanol–water partition coefficient (Wildman–Crippen LogP) is 3.42. The van der Waals surface area contributed by atoms with Crippen LogP contribution in [-0.2, 0) is 0 Å². The summed E-state index contributed by atoms with van der Waals surface area (Å²) in [5.41, 5.74) is 3.36. The minimum atomic E-state index is 0.493. The van der Waals surface area contributed by atoms with E-state index < -0.39 is 0 Å². The van der Waals surface area contributed by atoms with Crippen LogP contribution in [0.4, 0.5) is 17.5 Å². The molecule has 7 nitrogen and oxygen atoms in total.